The summed E-state index contributed by atoms with van der Waals surface area (Å²) in [5.41, 5.74) is 4.14. The number of fused-ring (bicyclic) bond motifs is 1. The van der Waals surface area contributed by atoms with Crippen molar-refractivity contribution in [2.45, 2.75) is 6.54 Å². The predicted molar refractivity (Wildman–Crippen MR) is 102 cm³/mol. The van der Waals surface area contributed by atoms with E-state index in [1.165, 1.54) is 0 Å². The largest absolute Gasteiger partial charge is 0.365 e. The van der Waals surface area contributed by atoms with Gasteiger partial charge in [0.2, 0.25) is 0 Å². The van der Waals surface area contributed by atoms with Gasteiger partial charge in [-0.25, -0.2) is 9.97 Å². The Hall–Kier alpha value is -2.98. The van der Waals surface area contributed by atoms with Crippen molar-refractivity contribution in [3.05, 3.63) is 83.9 Å². The van der Waals surface area contributed by atoms with E-state index in [4.69, 9.17) is 11.6 Å². The standard InChI is InChI=1S/C20H15ClN4/c21-17-5-1-4-15(9-17)16-6-7-19-18(10-16)20(25-13-24-19)23-12-14-3-2-8-22-11-14/h1-11,13H,12H2,(H,23,24,25). The second kappa shape index (κ2) is 6.87. The number of nitrogens with one attached hydrogen (secondary N) is 1. The van der Waals surface area contributed by atoms with Gasteiger partial charge < -0.3 is 5.32 Å². The second-order valence-corrected chi connectivity index (χ2v) is 6.12. The first-order chi connectivity index (χ1) is 12.3. The summed E-state index contributed by atoms with van der Waals surface area (Å²) >= 11 is 6.12. The van der Waals surface area contributed by atoms with E-state index >= 15 is 0 Å². The SMILES string of the molecule is Clc1cccc(-c2ccc3ncnc(NCc4cccnc4)c3c2)c1. The molecule has 0 bridgehead atoms. The number of hydrogen-bond donors (Lipinski definition) is 1. The van der Waals surface area contributed by atoms with Crippen LogP contribution in [0, 0.1) is 0 Å². The van der Waals surface area contributed by atoms with Crippen LogP contribution < -0.4 is 5.32 Å². The molecule has 0 unspecified atom stereocenters. The third-order valence-electron chi connectivity index (χ3n) is 3.98. The first-order valence-corrected chi connectivity index (χ1v) is 8.31. The molecule has 4 nitrogen and oxygen atoms in total. The van der Waals surface area contributed by atoms with Crippen molar-refractivity contribution in [1.29, 1.82) is 0 Å². The molecule has 0 aliphatic rings. The molecule has 0 aliphatic heterocycles. The Morgan fingerprint density at radius 2 is 1.84 bits per heavy atom. The summed E-state index contributed by atoms with van der Waals surface area (Å²) < 4.78 is 0. The summed E-state index contributed by atoms with van der Waals surface area (Å²) in [6, 6.07) is 17.9. The highest BCUT2D eigenvalue weighted by Crippen LogP contribution is 2.28. The minimum Gasteiger partial charge on any atom is -0.365 e. The van der Waals surface area contributed by atoms with Crippen LogP contribution in [0.3, 0.4) is 0 Å². The Bertz CT molecular complexity index is 1020. The van der Waals surface area contributed by atoms with Crippen LogP contribution in [0.5, 0.6) is 0 Å². The van der Waals surface area contributed by atoms with Crippen molar-refractivity contribution < 1.29 is 0 Å². The molecule has 25 heavy (non-hydrogen) atoms. The first kappa shape index (κ1) is 15.5. The van der Waals surface area contributed by atoms with Gasteiger partial charge in [0.15, 0.2) is 0 Å². The molecule has 0 amide bonds. The average Bonchev–Trinajstić information content (AvgIpc) is 2.67. The summed E-state index contributed by atoms with van der Waals surface area (Å²) in [5, 5.41) is 5.07. The maximum absolute atomic E-state index is 6.12. The topological polar surface area (TPSA) is 50.7 Å². The molecule has 0 spiro atoms. The Morgan fingerprint density at radius 3 is 2.68 bits per heavy atom. The minimum absolute atomic E-state index is 0.654. The van der Waals surface area contributed by atoms with Crippen LogP contribution in [-0.4, -0.2) is 15.0 Å². The molecule has 0 fully saturated rings. The van der Waals surface area contributed by atoms with Gasteiger partial charge in [-0.15, -0.1) is 0 Å². The number of anilines is 1. The third kappa shape index (κ3) is 3.44. The lowest BCUT2D eigenvalue weighted by atomic mass is 10.0. The minimum atomic E-state index is 0.654. The zero-order valence-electron chi connectivity index (χ0n) is 13.4. The van der Waals surface area contributed by atoms with Crippen molar-refractivity contribution >= 4 is 28.3 Å². The van der Waals surface area contributed by atoms with Gasteiger partial charge in [-0.3, -0.25) is 4.98 Å². The Morgan fingerprint density at radius 1 is 0.920 bits per heavy atom. The maximum Gasteiger partial charge on any atom is 0.137 e. The number of halogens is 1. The number of nitrogens with zero attached hydrogens (tertiary/aromatic N) is 3. The number of pyridine rings is 1. The quantitative estimate of drug-likeness (QED) is 0.567. The molecular weight excluding hydrogens is 332 g/mol. The van der Waals surface area contributed by atoms with Gasteiger partial charge in [0.25, 0.3) is 0 Å². The van der Waals surface area contributed by atoms with Gasteiger partial charge in [-0.1, -0.05) is 35.9 Å². The molecule has 0 saturated heterocycles. The van der Waals surface area contributed by atoms with E-state index < -0.39 is 0 Å². The normalized spacial score (nSPS) is 10.8. The monoisotopic (exact) mass is 346 g/mol. The van der Waals surface area contributed by atoms with Crippen molar-refractivity contribution in [3.63, 3.8) is 0 Å². The van der Waals surface area contributed by atoms with E-state index in [1.54, 1.807) is 12.5 Å². The highest BCUT2D eigenvalue weighted by Gasteiger charge is 2.07. The van der Waals surface area contributed by atoms with Gasteiger partial charge in [0, 0.05) is 29.3 Å². The fraction of sp³-hybridized carbons (Fsp3) is 0.0500. The summed E-state index contributed by atoms with van der Waals surface area (Å²) in [7, 11) is 0. The molecular formula is C20H15ClN4. The van der Waals surface area contributed by atoms with Gasteiger partial charge in [0.1, 0.15) is 12.1 Å². The molecule has 4 aromatic rings. The van der Waals surface area contributed by atoms with E-state index in [0.717, 1.165) is 38.4 Å². The zero-order valence-corrected chi connectivity index (χ0v) is 14.1. The molecule has 1 N–H and O–H groups in total. The van der Waals surface area contributed by atoms with Crippen LogP contribution >= 0.6 is 11.6 Å². The van der Waals surface area contributed by atoms with Gasteiger partial charge >= 0.3 is 0 Å². The molecule has 2 aromatic heterocycles. The van der Waals surface area contributed by atoms with Crippen LogP contribution in [0.2, 0.25) is 5.02 Å². The lowest BCUT2D eigenvalue weighted by Gasteiger charge is -2.10. The van der Waals surface area contributed by atoms with Gasteiger partial charge in [0.05, 0.1) is 5.52 Å². The molecule has 0 aliphatic carbocycles. The molecule has 0 radical (unpaired) electrons. The number of benzene rings is 2. The summed E-state index contributed by atoms with van der Waals surface area (Å²) in [4.78, 5) is 12.9. The highest BCUT2D eigenvalue weighted by atomic mass is 35.5. The molecule has 0 atom stereocenters. The fourth-order valence-corrected chi connectivity index (χ4v) is 2.92. The molecule has 4 rings (SSSR count). The van der Waals surface area contributed by atoms with Crippen molar-refractivity contribution in [2.24, 2.45) is 0 Å². The number of rotatable bonds is 4. The molecule has 5 heteroatoms. The van der Waals surface area contributed by atoms with Crippen molar-refractivity contribution in [3.8, 4) is 11.1 Å². The average molecular weight is 347 g/mol. The smallest absolute Gasteiger partial charge is 0.137 e. The summed E-state index contributed by atoms with van der Waals surface area (Å²) in [6.45, 7) is 0.654. The summed E-state index contributed by atoms with van der Waals surface area (Å²) in [5.74, 6) is 0.803. The van der Waals surface area contributed by atoms with E-state index in [-0.39, 0.29) is 0 Å². The van der Waals surface area contributed by atoms with E-state index in [2.05, 4.69) is 26.3 Å². The summed E-state index contributed by atoms with van der Waals surface area (Å²) in [6.07, 6.45) is 5.18. The van der Waals surface area contributed by atoms with E-state index in [0.29, 0.717) is 6.54 Å². The fourth-order valence-electron chi connectivity index (χ4n) is 2.73. The van der Waals surface area contributed by atoms with Crippen molar-refractivity contribution in [2.75, 3.05) is 5.32 Å². The van der Waals surface area contributed by atoms with Crippen LogP contribution in [0.1, 0.15) is 5.56 Å². The van der Waals surface area contributed by atoms with Crippen molar-refractivity contribution in [1.82, 2.24) is 15.0 Å². The maximum atomic E-state index is 6.12. The molecule has 2 aromatic carbocycles. The van der Waals surface area contributed by atoms with E-state index in [9.17, 15) is 0 Å². The Labute approximate surface area is 150 Å². The number of aromatic nitrogens is 3. The van der Waals surface area contributed by atoms with Crippen LogP contribution in [0.15, 0.2) is 73.3 Å². The third-order valence-corrected chi connectivity index (χ3v) is 4.21. The molecule has 0 saturated carbocycles. The van der Waals surface area contributed by atoms with Crippen LogP contribution in [0.25, 0.3) is 22.0 Å². The predicted octanol–water partition coefficient (Wildman–Crippen LogP) is 4.96. The number of hydrogen-bond acceptors (Lipinski definition) is 4. The zero-order chi connectivity index (χ0) is 17.1. The second-order valence-electron chi connectivity index (χ2n) is 5.68. The Kier molecular flexibility index (Phi) is 4.27. The Balaban J connectivity index is 1.71. The van der Waals surface area contributed by atoms with Gasteiger partial charge in [-0.05, 0) is 47.0 Å². The lowest BCUT2D eigenvalue weighted by molar-refractivity contribution is 1.08. The van der Waals surface area contributed by atoms with E-state index in [1.807, 2.05) is 54.7 Å². The van der Waals surface area contributed by atoms with Gasteiger partial charge in [-0.2, -0.15) is 0 Å². The van der Waals surface area contributed by atoms with Crippen LogP contribution in [-0.2, 0) is 6.54 Å². The molecule has 2 heterocycles. The van der Waals surface area contributed by atoms with Crippen LogP contribution in [0.4, 0.5) is 5.82 Å². The highest BCUT2D eigenvalue weighted by molar-refractivity contribution is 6.30. The lowest BCUT2D eigenvalue weighted by Crippen LogP contribution is -2.02. The first-order valence-electron chi connectivity index (χ1n) is 7.93. The molecule has 122 valence electrons.